The highest BCUT2D eigenvalue weighted by Gasteiger charge is 2.13. The number of aromatic nitrogens is 1. The Kier molecular flexibility index (Phi) is 4.88. The van der Waals surface area contributed by atoms with E-state index in [2.05, 4.69) is 46.4 Å². The lowest BCUT2D eigenvalue weighted by Crippen LogP contribution is -2.20. The van der Waals surface area contributed by atoms with E-state index in [4.69, 9.17) is 0 Å². The van der Waals surface area contributed by atoms with Crippen molar-refractivity contribution in [2.75, 3.05) is 18.0 Å². The molecule has 1 saturated heterocycles. The molecule has 0 spiro atoms. The molecule has 4 heteroatoms. The number of rotatable bonds is 6. The van der Waals surface area contributed by atoms with E-state index in [1.807, 2.05) is 11.6 Å². The summed E-state index contributed by atoms with van der Waals surface area (Å²) < 4.78 is 0. The number of nitrogens with zero attached hydrogens (tertiary/aromatic N) is 2. The van der Waals surface area contributed by atoms with Crippen molar-refractivity contribution in [3.63, 3.8) is 0 Å². The van der Waals surface area contributed by atoms with Crippen LogP contribution in [-0.2, 0) is 6.54 Å². The summed E-state index contributed by atoms with van der Waals surface area (Å²) in [6.45, 7) is 5.52. The molecular formula is C17H23N3S. The van der Waals surface area contributed by atoms with E-state index in [9.17, 15) is 0 Å². The maximum absolute atomic E-state index is 4.42. The van der Waals surface area contributed by atoms with Crippen molar-refractivity contribution in [3.05, 3.63) is 46.4 Å². The Morgan fingerprint density at radius 3 is 2.62 bits per heavy atom. The molecule has 1 N–H and O–H groups in total. The summed E-state index contributed by atoms with van der Waals surface area (Å²) >= 11 is 1.73. The number of hydrogen-bond acceptors (Lipinski definition) is 4. The maximum Gasteiger partial charge on any atom is 0.109 e. The summed E-state index contributed by atoms with van der Waals surface area (Å²) in [5.74, 6) is 0. The molecule has 1 fully saturated rings. The predicted molar refractivity (Wildman–Crippen MR) is 89.9 cm³/mol. The van der Waals surface area contributed by atoms with Gasteiger partial charge in [0, 0.05) is 36.9 Å². The van der Waals surface area contributed by atoms with E-state index < -0.39 is 0 Å². The number of hydrogen-bond donors (Lipinski definition) is 1. The van der Waals surface area contributed by atoms with Gasteiger partial charge in [0.05, 0.1) is 6.04 Å². The molecule has 1 atom stereocenters. The van der Waals surface area contributed by atoms with Crippen LogP contribution in [0.1, 0.15) is 42.8 Å². The van der Waals surface area contributed by atoms with Crippen molar-refractivity contribution in [2.45, 2.75) is 38.8 Å². The summed E-state index contributed by atoms with van der Waals surface area (Å²) in [7, 11) is 0. The minimum atomic E-state index is 0.364. The fourth-order valence-corrected chi connectivity index (χ4v) is 3.65. The molecule has 21 heavy (non-hydrogen) atoms. The third-order valence-electron chi connectivity index (χ3n) is 4.12. The van der Waals surface area contributed by atoms with Crippen LogP contribution in [0, 0.1) is 0 Å². The Morgan fingerprint density at radius 1 is 1.24 bits per heavy atom. The molecule has 0 saturated carbocycles. The molecule has 1 aliphatic heterocycles. The van der Waals surface area contributed by atoms with Crippen LogP contribution in [0.15, 0.2) is 35.8 Å². The Morgan fingerprint density at radius 2 is 2.00 bits per heavy atom. The van der Waals surface area contributed by atoms with Crippen molar-refractivity contribution in [2.24, 2.45) is 0 Å². The van der Waals surface area contributed by atoms with Gasteiger partial charge in [0.2, 0.25) is 0 Å². The Labute approximate surface area is 131 Å². The molecule has 1 aromatic carbocycles. The average molecular weight is 301 g/mol. The molecule has 3 rings (SSSR count). The molecule has 112 valence electrons. The molecule has 0 amide bonds. The lowest BCUT2D eigenvalue weighted by molar-refractivity contribution is 0.516. The minimum absolute atomic E-state index is 0.364. The molecule has 1 aromatic heterocycles. The van der Waals surface area contributed by atoms with Crippen molar-refractivity contribution < 1.29 is 0 Å². The molecule has 1 unspecified atom stereocenters. The second kappa shape index (κ2) is 7.05. The normalized spacial score (nSPS) is 16.3. The average Bonchev–Trinajstić information content (AvgIpc) is 3.22. The Balaban J connectivity index is 1.57. The summed E-state index contributed by atoms with van der Waals surface area (Å²) in [6, 6.07) is 9.37. The van der Waals surface area contributed by atoms with E-state index in [1.54, 1.807) is 11.3 Å². The number of benzene rings is 1. The highest BCUT2D eigenvalue weighted by molar-refractivity contribution is 7.09. The van der Waals surface area contributed by atoms with Gasteiger partial charge in [-0.1, -0.05) is 19.1 Å². The topological polar surface area (TPSA) is 28.2 Å². The SMILES string of the molecule is CCC(NCc1ccc(N2CCCC2)cc1)c1nccs1. The van der Waals surface area contributed by atoms with E-state index in [0.717, 1.165) is 13.0 Å². The molecule has 0 radical (unpaired) electrons. The second-order valence-corrected chi connectivity index (χ2v) is 6.50. The first-order chi connectivity index (χ1) is 10.4. The van der Waals surface area contributed by atoms with Crippen LogP contribution in [0.3, 0.4) is 0 Å². The lowest BCUT2D eigenvalue weighted by Gasteiger charge is -2.18. The molecule has 3 nitrogen and oxygen atoms in total. The van der Waals surface area contributed by atoms with Crippen LogP contribution in [0.25, 0.3) is 0 Å². The number of nitrogens with one attached hydrogen (secondary N) is 1. The standard InChI is InChI=1S/C17H23N3S/c1-2-16(17-18-9-12-21-17)19-13-14-5-7-15(8-6-14)20-10-3-4-11-20/h5-9,12,16,19H,2-4,10-11,13H2,1H3. The molecule has 1 aliphatic rings. The first kappa shape index (κ1) is 14.5. The highest BCUT2D eigenvalue weighted by atomic mass is 32.1. The van der Waals surface area contributed by atoms with Gasteiger partial charge in [0.1, 0.15) is 5.01 Å². The van der Waals surface area contributed by atoms with E-state index in [1.165, 1.54) is 42.2 Å². The van der Waals surface area contributed by atoms with Gasteiger partial charge in [0.15, 0.2) is 0 Å². The third kappa shape index (κ3) is 3.63. The second-order valence-electron chi connectivity index (χ2n) is 5.57. The zero-order valence-corrected chi connectivity index (χ0v) is 13.4. The van der Waals surface area contributed by atoms with Gasteiger partial charge >= 0.3 is 0 Å². The third-order valence-corrected chi connectivity index (χ3v) is 5.01. The molecule has 2 aromatic rings. The van der Waals surface area contributed by atoms with Gasteiger partial charge in [-0.2, -0.15) is 0 Å². The first-order valence-corrected chi connectivity index (χ1v) is 8.71. The van der Waals surface area contributed by atoms with Gasteiger partial charge in [-0.15, -0.1) is 11.3 Å². The molecular weight excluding hydrogens is 278 g/mol. The summed E-state index contributed by atoms with van der Waals surface area (Å²) in [5.41, 5.74) is 2.70. The zero-order valence-electron chi connectivity index (χ0n) is 12.6. The Bertz CT molecular complexity index is 530. The van der Waals surface area contributed by atoms with Crippen LogP contribution in [-0.4, -0.2) is 18.1 Å². The van der Waals surface area contributed by atoms with Crippen molar-refractivity contribution >= 4 is 17.0 Å². The monoisotopic (exact) mass is 301 g/mol. The van der Waals surface area contributed by atoms with Gasteiger partial charge in [0.25, 0.3) is 0 Å². The fraction of sp³-hybridized carbons (Fsp3) is 0.471. The largest absolute Gasteiger partial charge is 0.372 e. The van der Waals surface area contributed by atoms with Crippen LogP contribution < -0.4 is 10.2 Å². The van der Waals surface area contributed by atoms with Gasteiger partial charge < -0.3 is 10.2 Å². The van der Waals surface area contributed by atoms with Crippen LogP contribution in [0.2, 0.25) is 0 Å². The van der Waals surface area contributed by atoms with Crippen LogP contribution in [0.5, 0.6) is 0 Å². The summed E-state index contributed by atoms with van der Waals surface area (Å²) in [4.78, 5) is 6.89. The molecule has 2 heterocycles. The predicted octanol–water partition coefficient (Wildman–Crippen LogP) is 3.98. The van der Waals surface area contributed by atoms with Gasteiger partial charge in [-0.3, -0.25) is 0 Å². The highest BCUT2D eigenvalue weighted by Crippen LogP contribution is 2.22. The fourth-order valence-electron chi connectivity index (χ4n) is 2.85. The Hall–Kier alpha value is -1.39. The molecule has 0 bridgehead atoms. The van der Waals surface area contributed by atoms with E-state index in [-0.39, 0.29) is 0 Å². The summed E-state index contributed by atoms with van der Waals surface area (Å²) in [5, 5.41) is 6.84. The van der Waals surface area contributed by atoms with E-state index in [0.29, 0.717) is 6.04 Å². The smallest absolute Gasteiger partial charge is 0.109 e. The summed E-state index contributed by atoms with van der Waals surface area (Å²) in [6.07, 6.45) is 5.61. The van der Waals surface area contributed by atoms with Crippen molar-refractivity contribution in [1.82, 2.24) is 10.3 Å². The van der Waals surface area contributed by atoms with Crippen LogP contribution in [0.4, 0.5) is 5.69 Å². The van der Waals surface area contributed by atoms with Crippen molar-refractivity contribution in [1.29, 1.82) is 0 Å². The minimum Gasteiger partial charge on any atom is -0.372 e. The quantitative estimate of drug-likeness (QED) is 0.874. The van der Waals surface area contributed by atoms with Crippen LogP contribution >= 0.6 is 11.3 Å². The number of thiazole rings is 1. The van der Waals surface area contributed by atoms with Gasteiger partial charge in [-0.05, 0) is 37.0 Å². The number of anilines is 1. The van der Waals surface area contributed by atoms with Gasteiger partial charge in [-0.25, -0.2) is 4.98 Å². The molecule has 0 aliphatic carbocycles. The lowest BCUT2D eigenvalue weighted by atomic mass is 10.1. The van der Waals surface area contributed by atoms with Crippen molar-refractivity contribution in [3.8, 4) is 0 Å². The maximum atomic E-state index is 4.42. The first-order valence-electron chi connectivity index (χ1n) is 7.83. The van der Waals surface area contributed by atoms with E-state index >= 15 is 0 Å². The zero-order chi connectivity index (χ0) is 14.5.